The Labute approximate surface area is 157 Å². The zero-order chi connectivity index (χ0) is 19.6. The normalized spacial score (nSPS) is 11.0. The highest BCUT2D eigenvalue weighted by Gasteiger charge is 2.09. The van der Waals surface area contributed by atoms with Crippen LogP contribution in [0.4, 0.5) is 4.39 Å². The number of hydrogen-bond acceptors (Lipinski definition) is 5. The van der Waals surface area contributed by atoms with Gasteiger partial charge in [0.1, 0.15) is 0 Å². The van der Waals surface area contributed by atoms with Crippen LogP contribution < -0.4 is 19.6 Å². The monoisotopic (exact) mass is 374 g/mol. The van der Waals surface area contributed by atoms with Gasteiger partial charge in [0, 0.05) is 5.56 Å². The van der Waals surface area contributed by atoms with Crippen molar-refractivity contribution < 1.29 is 23.4 Å². The third-order valence-corrected chi connectivity index (χ3v) is 3.50. The second kappa shape index (κ2) is 10.2. The molecular weight excluding hydrogens is 351 g/mol. The molecule has 1 N–H and O–H groups in total. The van der Waals surface area contributed by atoms with Crippen molar-refractivity contribution in [3.63, 3.8) is 0 Å². The second-order valence-corrected chi connectivity index (χ2v) is 5.48. The Kier molecular flexibility index (Phi) is 7.61. The number of amides is 1. The molecule has 2 aromatic rings. The molecule has 144 valence electrons. The molecule has 0 spiro atoms. The van der Waals surface area contributed by atoms with Crippen LogP contribution in [0.25, 0.3) is 0 Å². The summed E-state index contributed by atoms with van der Waals surface area (Å²) in [5.41, 5.74) is 3.75. The second-order valence-electron chi connectivity index (χ2n) is 5.48. The van der Waals surface area contributed by atoms with Gasteiger partial charge in [-0.25, -0.2) is 9.82 Å². The number of hydrogen-bond donors (Lipinski definition) is 1. The third kappa shape index (κ3) is 5.99. The number of benzene rings is 2. The molecular formula is C20H23FN2O4. The summed E-state index contributed by atoms with van der Waals surface area (Å²) in [6.07, 6.45) is 0. The van der Waals surface area contributed by atoms with E-state index in [-0.39, 0.29) is 12.4 Å². The molecule has 0 aliphatic rings. The maximum Gasteiger partial charge on any atom is 0.277 e. The first-order chi connectivity index (χ1) is 13.0. The average Bonchev–Trinajstić information content (AvgIpc) is 2.67. The lowest BCUT2D eigenvalue weighted by Gasteiger charge is -2.12. The molecule has 27 heavy (non-hydrogen) atoms. The number of nitrogens with zero attached hydrogens (tertiary/aromatic N) is 1. The van der Waals surface area contributed by atoms with E-state index >= 15 is 0 Å². The number of rotatable bonds is 9. The van der Waals surface area contributed by atoms with Gasteiger partial charge >= 0.3 is 0 Å². The number of ether oxygens (including phenoxy) is 3. The summed E-state index contributed by atoms with van der Waals surface area (Å²) in [4.78, 5) is 11.9. The Bertz CT molecular complexity index is 808. The van der Waals surface area contributed by atoms with Crippen LogP contribution in [0.3, 0.4) is 0 Å². The SMILES string of the molecule is CCOc1ccc(/C(C)=N\NC(=O)COc2ccccc2F)cc1OCC. The van der Waals surface area contributed by atoms with E-state index in [0.29, 0.717) is 30.4 Å². The lowest BCUT2D eigenvalue weighted by molar-refractivity contribution is -0.123. The summed E-state index contributed by atoms with van der Waals surface area (Å²) in [5, 5.41) is 4.05. The highest BCUT2D eigenvalue weighted by Crippen LogP contribution is 2.28. The van der Waals surface area contributed by atoms with Crippen LogP contribution in [-0.4, -0.2) is 31.4 Å². The summed E-state index contributed by atoms with van der Waals surface area (Å²) < 4.78 is 29.7. The number of halogens is 1. The van der Waals surface area contributed by atoms with Gasteiger partial charge in [0.05, 0.1) is 18.9 Å². The van der Waals surface area contributed by atoms with E-state index in [0.717, 1.165) is 5.56 Å². The predicted octanol–water partition coefficient (Wildman–Crippen LogP) is 3.54. The molecule has 0 radical (unpaired) electrons. The maximum absolute atomic E-state index is 13.5. The summed E-state index contributed by atoms with van der Waals surface area (Å²) in [6.45, 7) is 6.23. The molecule has 7 heteroatoms. The van der Waals surface area contributed by atoms with Crippen LogP contribution in [0, 0.1) is 5.82 Å². The number of para-hydroxylation sites is 1. The van der Waals surface area contributed by atoms with Gasteiger partial charge in [-0.05, 0) is 51.1 Å². The first-order valence-corrected chi connectivity index (χ1v) is 8.65. The first kappa shape index (κ1) is 20.2. The van der Waals surface area contributed by atoms with E-state index in [1.54, 1.807) is 31.2 Å². The molecule has 0 heterocycles. The molecule has 0 unspecified atom stereocenters. The number of hydrazone groups is 1. The maximum atomic E-state index is 13.5. The van der Waals surface area contributed by atoms with Gasteiger partial charge in [-0.3, -0.25) is 4.79 Å². The molecule has 0 saturated heterocycles. The van der Waals surface area contributed by atoms with Gasteiger partial charge < -0.3 is 14.2 Å². The largest absolute Gasteiger partial charge is 0.490 e. The molecule has 2 aromatic carbocycles. The third-order valence-electron chi connectivity index (χ3n) is 3.50. The predicted molar refractivity (Wildman–Crippen MR) is 101 cm³/mol. The van der Waals surface area contributed by atoms with Crippen molar-refractivity contribution in [2.24, 2.45) is 5.10 Å². The Morgan fingerprint density at radius 1 is 1.00 bits per heavy atom. The Balaban J connectivity index is 1.98. The lowest BCUT2D eigenvalue weighted by Crippen LogP contribution is -2.25. The van der Waals surface area contributed by atoms with Crippen molar-refractivity contribution in [2.75, 3.05) is 19.8 Å². The van der Waals surface area contributed by atoms with Crippen molar-refractivity contribution >= 4 is 11.6 Å². The van der Waals surface area contributed by atoms with E-state index in [9.17, 15) is 9.18 Å². The molecule has 0 aliphatic heterocycles. The van der Waals surface area contributed by atoms with Gasteiger partial charge in [0.2, 0.25) is 0 Å². The minimum absolute atomic E-state index is 0.0150. The molecule has 0 aliphatic carbocycles. The van der Waals surface area contributed by atoms with E-state index in [1.165, 1.54) is 12.1 Å². The lowest BCUT2D eigenvalue weighted by atomic mass is 10.1. The van der Waals surface area contributed by atoms with Crippen molar-refractivity contribution in [1.82, 2.24) is 5.43 Å². The van der Waals surface area contributed by atoms with Gasteiger partial charge in [-0.1, -0.05) is 12.1 Å². The minimum Gasteiger partial charge on any atom is -0.490 e. The van der Waals surface area contributed by atoms with Gasteiger partial charge in [-0.2, -0.15) is 5.10 Å². The average molecular weight is 374 g/mol. The fourth-order valence-electron chi connectivity index (χ4n) is 2.22. The number of nitrogens with one attached hydrogen (secondary N) is 1. The van der Waals surface area contributed by atoms with E-state index < -0.39 is 11.7 Å². The molecule has 0 bridgehead atoms. The van der Waals surface area contributed by atoms with Crippen molar-refractivity contribution in [3.05, 3.63) is 53.8 Å². The van der Waals surface area contributed by atoms with Crippen LogP contribution in [0.5, 0.6) is 17.2 Å². The number of carbonyl (C=O) groups is 1. The number of carbonyl (C=O) groups excluding carboxylic acids is 1. The molecule has 0 atom stereocenters. The summed E-state index contributed by atoms with van der Waals surface area (Å²) in [5.74, 6) is 0.261. The van der Waals surface area contributed by atoms with Crippen molar-refractivity contribution in [1.29, 1.82) is 0 Å². The van der Waals surface area contributed by atoms with Crippen LogP contribution in [0.1, 0.15) is 26.3 Å². The van der Waals surface area contributed by atoms with Crippen LogP contribution >= 0.6 is 0 Å². The topological polar surface area (TPSA) is 69.2 Å². The van der Waals surface area contributed by atoms with Crippen LogP contribution in [0.2, 0.25) is 0 Å². The summed E-state index contributed by atoms with van der Waals surface area (Å²) in [7, 11) is 0. The Morgan fingerprint density at radius 3 is 2.41 bits per heavy atom. The van der Waals surface area contributed by atoms with Gasteiger partial charge in [0.25, 0.3) is 5.91 Å². The van der Waals surface area contributed by atoms with Crippen LogP contribution in [0.15, 0.2) is 47.6 Å². The smallest absolute Gasteiger partial charge is 0.277 e. The first-order valence-electron chi connectivity index (χ1n) is 8.65. The minimum atomic E-state index is -0.525. The zero-order valence-electron chi connectivity index (χ0n) is 15.6. The molecule has 0 saturated carbocycles. The van der Waals surface area contributed by atoms with E-state index in [1.807, 2.05) is 19.9 Å². The fraction of sp³-hybridized carbons (Fsp3) is 0.300. The quantitative estimate of drug-likeness (QED) is 0.538. The fourth-order valence-corrected chi connectivity index (χ4v) is 2.22. The van der Waals surface area contributed by atoms with Crippen molar-refractivity contribution in [3.8, 4) is 17.2 Å². The van der Waals surface area contributed by atoms with E-state index in [2.05, 4.69) is 10.5 Å². The Morgan fingerprint density at radius 2 is 1.70 bits per heavy atom. The highest BCUT2D eigenvalue weighted by atomic mass is 19.1. The van der Waals surface area contributed by atoms with Gasteiger partial charge in [0.15, 0.2) is 29.7 Å². The van der Waals surface area contributed by atoms with E-state index in [4.69, 9.17) is 14.2 Å². The summed E-state index contributed by atoms with van der Waals surface area (Å²) in [6, 6.07) is 11.3. The highest BCUT2D eigenvalue weighted by molar-refractivity contribution is 5.99. The standard InChI is InChI=1S/C20H23FN2O4/c1-4-25-18-11-10-15(12-19(18)26-5-2)14(3)22-23-20(24)13-27-17-9-7-6-8-16(17)21/h6-12H,4-5,13H2,1-3H3,(H,23,24)/b22-14-. The zero-order valence-corrected chi connectivity index (χ0v) is 15.6. The molecule has 1 amide bonds. The van der Waals surface area contributed by atoms with Gasteiger partial charge in [-0.15, -0.1) is 0 Å². The molecule has 2 rings (SSSR count). The Hall–Kier alpha value is -3.09. The summed E-state index contributed by atoms with van der Waals surface area (Å²) >= 11 is 0. The molecule has 0 fully saturated rings. The molecule has 0 aromatic heterocycles. The van der Waals surface area contributed by atoms with Crippen LogP contribution in [-0.2, 0) is 4.79 Å². The molecule has 6 nitrogen and oxygen atoms in total. The van der Waals surface area contributed by atoms with Crippen molar-refractivity contribution in [2.45, 2.75) is 20.8 Å².